The molecule has 2 rings (SSSR count). The zero-order valence-corrected chi connectivity index (χ0v) is 13.0. The number of carbonyl (C=O) groups excluding carboxylic acids is 1. The van der Waals surface area contributed by atoms with Crippen molar-refractivity contribution in [2.75, 3.05) is 14.2 Å². The molecule has 1 heterocycles. The van der Waals surface area contributed by atoms with Crippen LogP contribution in [-0.4, -0.2) is 25.0 Å². The molecule has 0 bridgehead atoms. The molecular weight excluding hydrogens is 294 g/mol. The molecule has 2 aromatic rings. The zero-order valence-electron chi connectivity index (χ0n) is 11.4. The van der Waals surface area contributed by atoms with Gasteiger partial charge in [-0.3, -0.25) is 4.79 Å². The van der Waals surface area contributed by atoms with E-state index in [1.165, 1.54) is 11.3 Å². The third-order valence-electron chi connectivity index (χ3n) is 2.88. The molecule has 1 amide bonds. The molecule has 5 heteroatoms. The molecule has 20 heavy (non-hydrogen) atoms. The fourth-order valence-electron chi connectivity index (χ4n) is 1.87. The van der Waals surface area contributed by atoms with Crippen LogP contribution in [0.25, 0.3) is 0 Å². The summed E-state index contributed by atoms with van der Waals surface area (Å²) in [6, 6.07) is 11.3. The predicted octanol–water partition coefficient (Wildman–Crippen LogP) is 3.82. The van der Waals surface area contributed by atoms with E-state index in [0.717, 1.165) is 14.8 Å². The lowest BCUT2D eigenvalue weighted by Gasteiger charge is -2.16. The Hall–Kier alpha value is -1.36. The fourth-order valence-corrected chi connectivity index (χ4v) is 3.01. The maximum absolute atomic E-state index is 12.3. The molecule has 0 saturated carbocycles. The minimum Gasteiger partial charge on any atom is -0.380 e. The predicted molar refractivity (Wildman–Crippen MR) is 82.3 cm³/mol. The molecule has 0 fully saturated rings. The molecule has 3 nitrogen and oxygen atoms in total. The molecule has 0 radical (unpaired) electrons. The van der Waals surface area contributed by atoms with Crippen LogP contribution in [0, 0.1) is 0 Å². The minimum atomic E-state index is -0.00140. The summed E-state index contributed by atoms with van der Waals surface area (Å²) in [5, 5.41) is 0. The number of rotatable bonds is 5. The van der Waals surface area contributed by atoms with Gasteiger partial charge in [-0.25, -0.2) is 0 Å². The highest BCUT2D eigenvalue weighted by atomic mass is 35.5. The summed E-state index contributed by atoms with van der Waals surface area (Å²) in [5.74, 6) is -0.00140. The second-order valence-electron chi connectivity index (χ2n) is 4.50. The second-order valence-corrected chi connectivity index (χ2v) is 6.30. The fraction of sp³-hybridized carbons (Fsp3) is 0.267. The van der Waals surface area contributed by atoms with Crippen molar-refractivity contribution in [3.8, 4) is 0 Å². The van der Waals surface area contributed by atoms with E-state index >= 15 is 0 Å². The van der Waals surface area contributed by atoms with E-state index in [1.54, 1.807) is 19.1 Å². The Morgan fingerprint density at radius 3 is 2.50 bits per heavy atom. The van der Waals surface area contributed by atoms with Crippen LogP contribution in [0.15, 0.2) is 36.4 Å². The van der Waals surface area contributed by atoms with Gasteiger partial charge in [0.15, 0.2) is 0 Å². The summed E-state index contributed by atoms with van der Waals surface area (Å²) < 4.78 is 5.79. The van der Waals surface area contributed by atoms with Gasteiger partial charge in [0, 0.05) is 24.6 Å². The van der Waals surface area contributed by atoms with Crippen molar-refractivity contribution in [1.29, 1.82) is 0 Å². The van der Waals surface area contributed by atoms with Gasteiger partial charge in [-0.05, 0) is 29.8 Å². The molecule has 0 saturated heterocycles. The quantitative estimate of drug-likeness (QED) is 0.840. The smallest absolute Gasteiger partial charge is 0.253 e. The molecule has 0 atom stereocenters. The van der Waals surface area contributed by atoms with E-state index in [9.17, 15) is 4.79 Å². The average molecular weight is 310 g/mol. The van der Waals surface area contributed by atoms with Gasteiger partial charge < -0.3 is 9.64 Å². The number of ether oxygens (including phenoxy) is 1. The monoisotopic (exact) mass is 309 g/mol. The zero-order chi connectivity index (χ0) is 14.5. The van der Waals surface area contributed by atoms with E-state index < -0.39 is 0 Å². The second kappa shape index (κ2) is 6.88. The Kier molecular flexibility index (Phi) is 5.17. The number of benzene rings is 1. The Morgan fingerprint density at radius 1 is 1.25 bits per heavy atom. The van der Waals surface area contributed by atoms with Gasteiger partial charge in [0.25, 0.3) is 5.91 Å². The summed E-state index contributed by atoms with van der Waals surface area (Å²) in [7, 11) is 3.44. The first-order valence-corrected chi connectivity index (χ1v) is 7.37. The molecular formula is C15H16ClNO2S. The van der Waals surface area contributed by atoms with Gasteiger partial charge in [0.1, 0.15) is 0 Å². The summed E-state index contributed by atoms with van der Waals surface area (Å²) in [6.45, 7) is 1.12. The lowest BCUT2D eigenvalue weighted by Crippen LogP contribution is -2.25. The van der Waals surface area contributed by atoms with E-state index in [0.29, 0.717) is 18.7 Å². The summed E-state index contributed by atoms with van der Waals surface area (Å²) in [4.78, 5) is 15.1. The molecule has 1 aromatic heterocycles. The van der Waals surface area contributed by atoms with Crippen LogP contribution in [0.3, 0.4) is 0 Å². The highest BCUT2D eigenvalue weighted by Crippen LogP contribution is 2.22. The minimum absolute atomic E-state index is 0.00140. The Morgan fingerprint density at radius 2 is 1.95 bits per heavy atom. The molecule has 1 aromatic carbocycles. The molecule has 0 N–H and O–H groups in total. The Balaban J connectivity index is 2.02. The van der Waals surface area contributed by atoms with Gasteiger partial charge in [-0.2, -0.15) is 0 Å². The lowest BCUT2D eigenvalue weighted by molar-refractivity contribution is 0.0786. The topological polar surface area (TPSA) is 29.5 Å². The average Bonchev–Trinajstić information content (AvgIpc) is 2.84. The molecule has 0 aliphatic heterocycles. The number of hydrogen-bond donors (Lipinski definition) is 0. The third kappa shape index (κ3) is 3.82. The van der Waals surface area contributed by atoms with E-state index in [4.69, 9.17) is 16.3 Å². The van der Waals surface area contributed by atoms with Crippen LogP contribution in [0.4, 0.5) is 0 Å². The molecule has 0 aliphatic rings. The molecule has 0 unspecified atom stereocenters. The number of hydrogen-bond acceptors (Lipinski definition) is 3. The highest BCUT2D eigenvalue weighted by molar-refractivity contribution is 7.16. The van der Waals surface area contributed by atoms with Crippen molar-refractivity contribution in [1.82, 2.24) is 4.90 Å². The normalized spacial score (nSPS) is 10.6. The van der Waals surface area contributed by atoms with Crippen LogP contribution < -0.4 is 0 Å². The standard InChI is InChI=1S/C15H16ClNO2S/c1-17(9-13-7-8-14(16)20-13)15(18)12-5-3-11(4-6-12)10-19-2/h3-8H,9-10H2,1-2H3. The lowest BCUT2D eigenvalue weighted by atomic mass is 10.1. The van der Waals surface area contributed by atoms with Gasteiger partial charge in [-0.15, -0.1) is 11.3 Å². The van der Waals surface area contributed by atoms with Crippen molar-refractivity contribution >= 4 is 28.8 Å². The molecule has 106 valence electrons. The summed E-state index contributed by atoms with van der Waals surface area (Å²) in [5.41, 5.74) is 1.73. The maximum atomic E-state index is 12.3. The SMILES string of the molecule is COCc1ccc(C(=O)N(C)Cc2ccc(Cl)s2)cc1. The summed E-state index contributed by atoms with van der Waals surface area (Å²) >= 11 is 7.38. The van der Waals surface area contributed by atoms with E-state index in [2.05, 4.69) is 0 Å². The Bertz CT molecular complexity index is 580. The number of methoxy groups -OCH3 is 1. The molecule has 0 spiro atoms. The van der Waals surface area contributed by atoms with Crippen LogP contribution in [0.1, 0.15) is 20.8 Å². The number of carbonyl (C=O) groups is 1. The van der Waals surface area contributed by atoms with Gasteiger partial charge in [0.2, 0.25) is 0 Å². The van der Waals surface area contributed by atoms with Crippen LogP contribution in [-0.2, 0) is 17.9 Å². The Labute approximate surface area is 127 Å². The van der Waals surface area contributed by atoms with Gasteiger partial charge in [-0.1, -0.05) is 23.7 Å². The summed E-state index contributed by atoms with van der Waals surface area (Å²) in [6.07, 6.45) is 0. The first-order chi connectivity index (χ1) is 9.60. The van der Waals surface area contributed by atoms with Crippen molar-refractivity contribution in [2.45, 2.75) is 13.2 Å². The third-order valence-corrected chi connectivity index (χ3v) is 4.10. The van der Waals surface area contributed by atoms with Crippen LogP contribution in [0.5, 0.6) is 0 Å². The van der Waals surface area contributed by atoms with Crippen molar-refractivity contribution < 1.29 is 9.53 Å². The van der Waals surface area contributed by atoms with E-state index in [1.807, 2.05) is 36.4 Å². The van der Waals surface area contributed by atoms with Crippen LogP contribution >= 0.6 is 22.9 Å². The number of nitrogens with zero attached hydrogens (tertiary/aromatic N) is 1. The highest BCUT2D eigenvalue weighted by Gasteiger charge is 2.12. The van der Waals surface area contributed by atoms with Gasteiger partial charge >= 0.3 is 0 Å². The maximum Gasteiger partial charge on any atom is 0.253 e. The van der Waals surface area contributed by atoms with Gasteiger partial charge in [0.05, 0.1) is 17.5 Å². The largest absolute Gasteiger partial charge is 0.380 e. The van der Waals surface area contributed by atoms with E-state index in [-0.39, 0.29) is 5.91 Å². The van der Waals surface area contributed by atoms with Crippen molar-refractivity contribution in [2.24, 2.45) is 0 Å². The molecule has 0 aliphatic carbocycles. The van der Waals surface area contributed by atoms with Crippen molar-refractivity contribution in [3.05, 3.63) is 56.7 Å². The van der Waals surface area contributed by atoms with Crippen LogP contribution in [0.2, 0.25) is 4.34 Å². The first-order valence-electron chi connectivity index (χ1n) is 6.17. The number of thiophene rings is 1. The number of halogens is 1. The van der Waals surface area contributed by atoms with Crippen molar-refractivity contribution in [3.63, 3.8) is 0 Å². The first kappa shape index (κ1) is 15.0. The number of amides is 1.